The summed E-state index contributed by atoms with van der Waals surface area (Å²) in [6.45, 7) is 0. The van der Waals surface area contributed by atoms with Crippen molar-refractivity contribution in [2.45, 2.75) is 6.42 Å². The molecule has 1 heterocycles. The highest BCUT2D eigenvalue weighted by Gasteiger charge is 2.12. The number of fused-ring (bicyclic) bond motifs is 1. The van der Waals surface area contributed by atoms with Gasteiger partial charge < -0.3 is 0 Å². The van der Waals surface area contributed by atoms with Gasteiger partial charge in [0.25, 0.3) is 0 Å². The zero-order valence-electron chi connectivity index (χ0n) is 10.4. The van der Waals surface area contributed by atoms with Crippen LogP contribution in [-0.4, -0.2) is 5.78 Å². The monoisotopic (exact) mass is 348 g/mol. The Bertz CT molecular complexity index is 741. The van der Waals surface area contributed by atoms with Gasteiger partial charge in [-0.05, 0) is 41.3 Å². The van der Waals surface area contributed by atoms with Crippen LogP contribution in [0.25, 0.3) is 10.1 Å². The third-order valence-electron chi connectivity index (χ3n) is 2.99. The summed E-state index contributed by atoms with van der Waals surface area (Å²) >= 11 is 4.72. The van der Waals surface area contributed by atoms with Crippen LogP contribution in [-0.2, 0) is 6.42 Å². The van der Waals surface area contributed by atoms with Crippen LogP contribution in [0.3, 0.4) is 0 Å². The maximum atomic E-state index is 13.3. The van der Waals surface area contributed by atoms with Crippen LogP contribution >= 0.6 is 27.3 Å². The number of carbonyl (C=O) groups excluding carboxylic acids is 1. The van der Waals surface area contributed by atoms with Gasteiger partial charge in [-0.2, -0.15) is 0 Å². The average molecular weight is 349 g/mol. The Morgan fingerprint density at radius 3 is 2.70 bits per heavy atom. The highest BCUT2D eigenvalue weighted by atomic mass is 79.9. The largest absolute Gasteiger partial charge is 0.293 e. The van der Waals surface area contributed by atoms with Crippen LogP contribution in [0.1, 0.15) is 15.2 Å². The second-order valence-corrected chi connectivity index (χ2v) is 6.53. The number of rotatable bonds is 3. The lowest BCUT2D eigenvalue weighted by atomic mass is 10.1. The topological polar surface area (TPSA) is 17.1 Å². The Balaban J connectivity index is 1.88. The van der Waals surface area contributed by atoms with Crippen LogP contribution in [0.2, 0.25) is 0 Å². The molecule has 1 nitrogen and oxygen atoms in total. The lowest BCUT2D eigenvalue weighted by Gasteiger charge is -2.01. The molecule has 0 fully saturated rings. The summed E-state index contributed by atoms with van der Waals surface area (Å²) in [5, 5.41) is 1.07. The Morgan fingerprint density at radius 1 is 1.15 bits per heavy atom. The average Bonchev–Trinajstić information content (AvgIpc) is 2.81. The summed E-state index contributed by atoms with van der Waals surface area (Å²) in [6, 6.07) is 14.3. The zero-order chi connectivity index (χ0) is 14.1. The molecule has 4 heteroatoms. The van der Waals surface area contributed by atoms with Gasteiger partial charge >= 0.3 is 0 Å². The molecule has 0 radical (unpaired) electrons. The molecule has 0 spiro atoms. The summed E-state index contributed by atoms with van der Waals surface area (Å²) < 4.78 is 15.1. The molecule has 0 atom stereocenters. The van der Waals surface area contributed by atoms with Gasteiger partial charge in [0, 0.05) is 15.6 Å². The van der Waals surface area contributed by atoms with E-state index in [-0.39, 0.29) is 18.0 Å². The molecule has 0 unspecified atom stereocenters. The lowest BCUT2D eigenvalue weighted by Crippen LogP contribution is -2.01. The highest BCUT2D eigenvalue weighted by Crippen LogP contribution is 2.26. The Morgan fingerprint density at radius 2 is 1.95 bits per heavy atom. The predicted octanol–water partition coefficient (Wildman–Crippen LogP) is 5.23. The number of ketones is 1. The van der Waals surface area contributed by atoms with E-state index in [1.165, 1.54) is 23.5 Å². The minimum Gasteiger partial charge on any atom is -0.293 e. The first kappa shape index (κ1) is 13.5. The normalized spacial score (nSPS) is 10.9. The van der Waals surface area contributed by atoms with Gasteiger partial charge in [-0.25, -0.2) is 4.39 Å². The quantitative estimate of drug-likeness (QED) is 0.592. The van der Waals surface area contributed by atoms with Crippen molar-refractivity contribution < 1.29 is 9.18 Å². The van der Waals surface area contributed by atoms with Gasteiger partial charge in [-0.3, -0.25) is 4.79 Å². The van der Waals surface area contributed by atoms with E-state index >= 15 is 0 Å². The van der Waals surface area contributed by atoms with Gasteiger partial charge in [0.2, 0.25) is 0 Å². The van der Waals surface area contributed by atoms with Crippen molar-refractivity contribution in [1.29, 1.82) is 0 Å². The van der Waals surface area contributed by atoms with Gasteiger partial charge in [0.05, 0.1) is 4.88 Å². The minimum atomic E-state index is -0.335. The summed E-state index contributed by atoms with van der Waals surface area (Å²) in [5.41, 5.74) is 0.680. The number of halogens is 2. The second-order valence-electron chi connectivity index (χ2n) is 4.53. The summed E-state index contributed by atoms with van der Waals surface area (Å²) in [7, 11) is 0. The number of benzene rings is 2. The van der Waals surface area contributed by atoms with E-state index in [2.05, 4.69) is 15.9 Å². The summed E-state index contributed by atoms with van der Waals surface area (Å²) in [5.74, 6) is -0.317. The second kappa shape index (κ2) is 5.46. The summed E-state index contributed by atoms with van der Waals surface area (Å²) in [4.78, 5) is 13.0. The third kappa shape index (κ3) is 2.81. The molecule has 0 N–H and O–H groups in total. The first-order valence-corrected chi connectivity index (χ1v) is 7.69. The molecule has 0 aliphatic heterocycles. The van der Waals surface area contributed by atoms with Crippen LogP contribution in [0.5, 0.6) is 0 Å². The van der Waals surface area contributed by atoms with Crippen molar-refractivity contribution >= 4 is 43.1 Å². The summed E-state index contributed by atoms with van der Waals surface area (Å²) in [6.07, 6.45) is 0.211. The predicted molar refractivity (Wildman–Crippen MR) is 84.0 cm³/mol. The fraction of sp³-hybridized carbons (Fsp3) is 0.0625. The van der Waals surface area contributed by atoms with E-state index in [0.717, 1.165) is 10.1 Å². The minimum absolute atomic E-state index is 0.0173. The first-order valence-electron chi connectivity index (χ1n) is 6.08. The molecule has 0 bridgehead atoms. The van der Waals surface area contributed by atoms with Crippen molar-refractivity contribution in [3.63, 3.8) is 0 Å². The van der Waals surface area contributed by atoms with Crippen molar-refractivity contribution in [3.8, 4) is 0 Å². The number of thiophene rings is 1. The van der Waals surface area contributed by atoms with Crippen LogP contribution in [0, 0.1) is 5.82 Å². The van der Waals surface area contributed by atoms with Crippen LogP contribution in [0.4, 0.5) is 4.39 Å². The van der Waals surface area contributed by atoms with E-state index in [9.17, 15) is 9.18 Å². The molecule has 1 aromatic heterocycles. The molecule has 100 valence electrons. The van der Waals surface area contributed by atoms with E-state index in [1.807, 2.05) is 30.3 Å². The molecule has 0 saturated carbocycles. The number of Topliss-reactive ketones (excluding diaryl/α,β-unsaturated/α-hetero) is 1. The lowest BCUT2D eigenvalue weighted by molar-refractivity contribution is 0.0997. The first-order chi connectivity index (χ1) is 9.61. The maximum Gasteiger partial charge on any atom is 0.177 e. The van der Waals surface area contributed by atoms with Gasteiger partial charge in [-0.15, -0.1) is 11.3 Å². The van der Waals surface area contributed by atoms with Crippen molar-refractivity contribution in [2.75, 3.05) is 0 Å². The van der Waals surface area contributed by atoms with Gasteiger partial charge in [0.15, 0.2) is 5.78 Å². The van der Waals surface area contributed by atoms with Gasteiger partial charge in [-0.1, -0.05) is 34.1 Å². The van der Waals surface area contributed by atoms with Crippen molar-refractivity contribution in [2.24, 2.45) is 0 Å². The van der Waals surface area contributed by atoms with Crippen molar-refractivity contribution in [1.82, 2.24) is 0 Å². The third-order valence-corrected chi connectivity index (χ3v) is 4.60. The van der Waals surface area contributed by atoms with E-state index < -0.39 is 0 Å². The fourth-order valence-corrected chi connectivity index (χ4v) is 3.62. The molecule has 20 heavy (non-hydrogen) atoms. The molecule has 0 saturated heterocycles. The Kier molecular flexibility index (Phi) is 3.68. The van der Waals surface area contributed by atoms with Crippen LogP contribution < -0.4 is 0 Å². The molecule has 0 aliphatic rings. The maximum absolute atomic E-state index is 13.3. The molecule has 2 aromatic carbocycles. The SMILES string of the molecule is O=C(Cc1cc(F)cc(Br)c1)c1cc2ccccc2s1. The Hall–Kier alpha value is -1.52. The Labute approximate surface area is 128 Å². The molecule has 3 rings (SSSR count). The fourth-order valence-electron chi connectivity index (χ4n) is 2.10. The molecule has 0 aliphatic carbocycles. The van der Waals surface area contributed by atoms with E-state index in [4.69, 9.17) is 0 Å². The van der Waals surface area contributed by atoms with E-state index in [1.54, 1.807) is 6.07 Å². The van der Waals surface area contributed by atoms with E-state index in [0.29, 0.717) is 14.9 Å². The van der Waals surface area contributed by atoms with Crippen molar-refractivity contribution in [3.05, 3.63) is 69.3 Å². The zero-order valence-corrected chi connectivity index (χ0v) is 12.8. The molecule has 0 amide bonds. The number of carbonyl (C=O) groups is 1. The number of hydrogen-bond donors (Lipinski definition) is 0. The molecular weight excluding hydrogens is 339 g/mol. The van der Waals surface area contributed by atoms with Gasteiger partial charge in [0.1, 0.15) is 5.82 Å². The molecular formula is C16H10BrFOS. The standard InChI is InChI=1S/C16H10BrFOS/c17-12-5-10(6-13(18)9-12)7-14(19)16-8-11-3-1-2-4-15(11)20-16/h1-6,8-9H,7H2. The smallest absolute Gasteiger partial charge is 0.177 e. The number of hydrogen-bond acceptors (Lipinski definition) is 2. The van der Waals surface area contributed by atoms with Crippen LogP contribution in [0.15, 0.2) is 53.0 Å². The highest BCUT2D eigenvalue weighted by molar-refractivity contribution is 9.10. The molecule has 3 aromatic rings.